The normalized spacial score (nSPS) is 21.1. The number of hydrogen-bond donors (Lipinski definition) is 2. The Balaban J connectivity index is 1.94. The summed E-state index contributed by atoms with van der Waals surface area (Å²) in [6.07, 6.45) is 0. The van der Waals surface area contributed by atoms with Crippen molar-refractivity contribution in [2.45, 2.75) is 6.04 Å². The number of hydrogen-bond acceptors (Lipinski definition) is 5. The summed E-state index contributed by atoms with van der Waals surface area (Å²) in [4.78, 5) is 15.6. The number of nitriles is 1. The Hall–Kier alpha value is -2.65. The van der Waals surface area contributed by atoms with Crippen LogP contribution in [0, 0.1) is 17.2 Å². The molecule has 1 aliphatic rings. The van der Waals surface area contributed by atoms with Crippen LogP contribution in [0.3, 0.4) is 0 Å². The van der Waals surface area contributed by atoms with E-state index in [0.717, 1.165) is 5.39 Å². The molecule has 2 atom stereocenters. The average molecular weight is 283 g/mol. The van der Waals surface area contributed by atoms with E-state index in [1.54, 1.807) is 6.07 Å². The minimum absolute atomic E-state index is 0.186. The summed E-state index contributed by atoms with van der Waals surface area (Å²) in [6.45, 7) is 0.499. The first-order valence-corrected chi connectivity index (χ1v) is 6.56. The number of aliphatic carboxylic acids is 1. The van der Waals surface area contributed by atoms with Gasteiger partial charge < -0.3 is 15.2 Å². The molecule has 3 rings (SSSR count). The van der Waals surface area contributed by atoms with E-state index in [1.165, 1.54) is 0 Å². The Morgan fingerprint density at radius 3 is 3.00 bits per heavy atom. The number of nitrogens with zero attached hydrogens (tertiary/aromatic N) is 2. The molecule has 1 aromatic heterocycles. The molecule has 1 aliphatic heterocycles. The summed E-state index contributed by atoms with van der Waals surface area (Å²) in [5.74, 6) is -1.01. The number of aromatic nitrogens is 1. The highest BCUT2D eigenvalue weighted by Gasteiger charge is 2.34. The number of ether oxygens (including phenoxy) is 1. The van der Waals surface area contributed by atoms with Gasteiger partial charge in [0.2, 0.25) is 0 Å². The Labute approximate surface area is 121 Å². The van der Waals surface area contributed by atoms with Gasteiger partial charge in [-0.2, -0.15) is 5.26 Å². The maximum absolute atomic E-state index is 11.1. The Kier molecular flexibility index (Phi) is 3.42. The minimum atomic E-state index is -0.897. The van der Waals surface area contributed by atoms with E-state index in [-0.39, 0.29) is 12.6 Å². The maximum atomic E-state index is 11.1. The first-order valence-electron chi connectivity index (χ1n) is 6.56. The minimum Gasteiger partial charge on any atom is -0.481 e. The van der Waals surface area contributed by atoms with Gasteiger partial charge in [-0.3, -0.25) is 4.79 Å². The van der Waals surface area contributed by atoms with Crippen LogP contribution in [0.15, 0.2) is 30.3 Å². The lowest BCUT2D eigenvalue weighted by Crippen LogP contribution is -2.33. The molecule has 21 heavy (non-hydrogen) atoms. The quantitative estimate of drug-likeness (QED) is 0.888. The van der Waals surface area contributed by atoms with Crippen LogP contribution in [-0.2, 0) is 9.53 Å². The largest absolute Gasteiger partial charge is 0.481 e. The number of benzene rings is 1. The number of rotatable bonds is 3. The van der Waals surface area contributed by atoms with Gasteiger partial charge in [-0.1, -0.05) is 18.2 Å². The van der Waals surface area contributed by atoms with Crippen LogP contribution in [-0.4, -0.2) is 35.3 Å². The van der Waals surface area contributed by atoms with Gasteiger partial charge in [0.15, 0.2) is 0 Å². The van der Waals surface area contributed by atoms with E-state index in [4.69, 9.17) is 9.84 Å². The molecular formula is C15H13N3O3. The van der Waals surface area contributed by atoms with Crippen LogP contribution in [0.25, 0.3) is 10.9 Å². The molecule has 0 bridgehead atoms. The van der Waals surface area contributed by atoms with Crippen LogP contribution >= 0.6 is 0 Å². The maximum Gasteiger partial charge on any atom is 0.311 e. The summed E-state index contributed by atoms with van der Waals surface area (Å²) in [7, 11) is 0. The van der Waals surface area contributed by atoms with Crippen molar-refractivity contribution in [1.29, 1.82) is 5.26 Å². The molecule has 6 heteroatoms. The third-order valence-corrected chi connectivity index (χ3v) is 3.57. The predicted molar refractivity (Wildman–Crippen MR) is 75.8 cm³/mol. The monoisotopic (exact) mass is 283 g/mol. The summed E-state index contributed by atoms with van der Waals surface area (Å²) in [6, 6.07) is 10.8. The molecule has 2 aromatic rings. The molecule has 0 amide bonds. The van der Waals surface area contributed by atoms with Gasteiger partial charge in [0.05, 0.1) is 36.4 Å². The van der Waals surface area contributed by atoms with Crippen molar-refractivity contribution < 1.29 is 14.6 Å². The third-order valence-electron chi connectivity index (χ3n) is 3.57. The number of fused-ring (bicyclic) bond motifs is 1. The highest BCUT2D eigenvalue weighted by atomic mass is 16.5. The van der Waals surface area contributed by atoms with Crippen LogP contribution < -0.4 is 5.32 Å². The molecule has 1 fully saturated rings. The van der Waals surface area contributed by atoms with Gasteiger partial charge in [-0.15, -0.1) is 0 Å². The second-order valence-electron chi connectivity index (χ2n) is 4.92. The number of pyridine rings is 1. The molecule has 2 heterocycles. The first-order chi connectivity index (χ1) is 10.2. The van der Waals surface area contributed by atoms with E-state index < -0.39 is 11.9 Å². The number of nitrogens with one attached hydrogen (secondary N) is 1. The van der Waals surface area contributed by atoms with Crippen LogP contribution in [0.5, 0.6) is 0 Å². The molecule has 0 spiro atoms. The van der Waals surface area contributed by atoms with E-state index in [2.05, 4.69) is 16.4 Å². The van der Waals surface area contributed by atoms with E-state index in [0.29, 0.717) is 23.5 Å². The van der Waals surface area contributed by atoms with Crippen LogP contribution in [0.4, 0.5) is 5.82 Å². The second-order valence-corrected chi connectivity index (χ2v) is 4.92. The fraction of sp³-hybridized carbons (Fsp3) is 0.267. The SMILES string of the molecule is N#Cc1cc(NC2COCC2C(=O)O)nc2ccccc12. The summed E-state index contributed by atoms with van der Waals surface area (Å²) >= 11 is 0. The Morgan fingerprint density at radius 1 is 1.43 bits per heavy atom. The summed E-state index contributed by atoms with van der Waals surface area (Å²) < 4.78 is 5.21. The number of anilines is 1. The van der Waals surface area contributed by atoms with Crippen LogP contribution in [0.1, 0.15) is 5.56 Å². The van der Waals surface area contributed by atoms with Gasteiger partial charge in [-0.25, -0.2) is 4.98 Å². The molecule has 1 aromatic carbocycles. The van der Waals surface area contributed by atoms with Gasteiger partial charge in [-0.05, 0) is 12.1 Å². The zero-order valence-electron chi connectivity index (χ0n) is 11.1. The number of para-hydroxylation sites is 1. The van der Waals surface area contributed by atoms with Crippen molar-refractivity contribution in [3.8, 4) is 6.07 Å². The lowest BCUT2D eigenvalue weighted by molar-refractivity contribution is -0.141. The van der Waals surface area contributed by atoms with Crippen molar-refractivity contribution in [3.63, 3.8) is 0 Å². The molecule has 2 N–H and O–H groups in total. The number of carboxylic acid groups (broad SMARTS) is 1. The topological polar surface area (TPSA) is 95.2 Å². The lowest BCUT2D eigenvalue weighted by Gasteiger charge is -2.16. The first kappa shape index (κ1) is 13.3. The molecule has 2 unspecified atom stereocenters. The van der Waals surface area contributed by atoms with Crippen molar-refractivity contribution >= 4 is 22.7 Å². The molecule has 106 valence electrons. The zero-order valence-corrected chi connectivity index (χ0v) is 11.1. The molecular weight excluding hydrogens is 270 g/mol. The van der Waals surface area contributed by atoms with Crippen molar-refractivity contribution in [2.24, 2.45) is 5.92 Å². The molecule has 0 saturated carbocycles. The Bertz CT molecular complexity index is 739. The van der Waals surface area contributed by atoms with Gasteiger partial charge >= 0.3 is 5.97 Å². The Morgan fingerprint density at radius 2 is 2.24 bits per heavy atom. The van der Waals surface area contributed by atoms with Crippen molar-refractivity contribution in [3.05, 3.63) is 35.9 Å². The second kappa shape index (κ2) is 5.38. The lowest BCUT2D eigenvalue weighted by atomic mass is 10.0. The van der Waals surface area contributed by atoms with Gasteiger partial charge in [0, 0.05) is 5.39 Å². The molecule has 1 saturated heterocycles. The van der Waals surface area contributed by atoms with Crippen molar-refractivity contribution in [2.75, 3.05) is 18.5 Å². The van der Waals surface area contributed by atoms with E-state index in [1.807, 2.05) is 24.3 Å². The number of carboxylic acids is 1. The van der Waals surface area contributed by atoms with E-state index in [9.17, 15) is 10.1 Å². The standard InChI is InChI=1S/C15H13N3O3/c16-6-9-5-14(17-12-4-2-1-3-10(9)12)18-13-8-21-7-11(13)15(19)20/h1-5,11,13H,7-8H2,(H,17,18)(H,19,20). The molecule has 6 nitrogen and oxygen atoms in total. The zero-order chi connectivity index (χ0) is 14.8. The number of carbonyl (C=O) groups is 1. The molecule has 0 aliphatic carbocycles. The fourth-order valence-corrected chi connectivity index (χ4v) is 2.47. The highest BCUT2D eigenvalue weighted by Crippen LogP contribution is 2.23. The van der Waals surface area contributed by atoms with Crippen molar-refractivity contribution in [1.82, 2.24) is 4.98 Å². The third kappa shape index (κ3) is 2.51. The van der Waals surface area contributed by atoms with E-state index >= 15 is 0 Å². The fourth-order valence-electron chi connectivity index (χ4n) is 2.47. The summed E-state index contributed by atoms with van der Waals surface area (Å²) in [5, 5.41) is 22.2. The average Bonchev–Trinajstić information content (AvgIpc) is 2.94. The van der Waals surface area contributed by atoms with Gasteiger partial charge in [0.25, 0.3) is 0 Å². The van der Waals surface area contributed by atoms with Crippen LogP contribution in [0.2, 0.25) is 0 Å². The summed E-state index contributed by atoms with van der Waals surface area (Å²) in [5.41, 5.74) is 1.21. The predicted octanol–water partition coefficient (Wildman–Crippen LogP) is 1.62. The smallest absolute Gasteiger partial charge is 0.311 e. The highest BCUT2D eigenvalue weighted by molar-refractivity contribution is 5.86. The molecule has 0 radical (unpaired) electrons. The van der Waals surface area contributed by atoms with Gasteiger partial charge in [0.1, 0.15) is 11.7 Å².